The summed E-state index contributed by atoms with van der Waals surface area (Å²) in [5.74, 6) is 0.486. The van der Waals surface area contributed by atoms with Gasteiger partial charge in [0.25, 0.3) is 10.2 Å². The highest BCUT2D eigenvalue weighted by molar-refractivity contribution is 7.87. The SMILES string of the molecule is CCNCCCN(C)S(=O)(=O)NCc1ccno1. The zero-order chi connectivity index (χ0) is 13.4. The van der Waals surface area contributed by atoms with Gasteiger partial charge in [-0.3, -0.25) is 0 Å². The number of hydrogen-bond donors (Lipinski definition) is 2. The third kappa shape index (κ3) is 5.13. The van der Waals surface area contributed by atoms with Crippen molar-refractivity contribution in [2.24, 2.45) is 0 Å². The lowest BCUT2D eigenvalue weighted by atomic mass is 10.4. The summed E-state index contributed by atoms with van der Waals surface area (Å²) in [5.41, 5.74) is 0. The second kappa shape index (κ2) is 7.47. The summed E-state index contributed by atoms with van der Waals surface area (Å²) < 4.78 is 32.2. The van der Waals surface area contributed by atoms with Crippen molar-refractivity contribution >= 4 is 10.2 Å². The molecule has 0 atom stereocenters. The molecule has 0 unspecified atom stereocenters. The van der Waals surface area contributed by atoms with E-state index < -0.39 is 10.2 Å². The van der Waals surface area contributed by atoms with Gasteiger partial charge in [-0.2, -0.15) is 17.4 Å². The molecule has 1 heterocycles. The van der Waals surface area contributed by atoms with E-state index in [4.69, 9.17) is 4.52 Å². The quantitative estimate of drug-likeness (QED) is 0.617. The van der Waals surface area contributed by atoms with Crippen LogP contribution in [-0.4, -0.2) is 44.6 Å². The molecule has 0 spiro atoms. The van der Waals surface area contributed by atoms with Crippen molar-refractivity contribution in [1.29, 1.82) is 0 Å². The average molecular weight is 276 g/mol. The molecule has 0 aliphatic carbocycles. The first-order valence-corrected chi connectivity index (χ1v) is 7.31. The Morgan fingerprint density at radius 1 is 1.50 bits per heavy atom. The van der Waals surface area contributed by atoms with Gasteiger partial charge in [0.15, 0.2) is 5.76 Å². The third-order valence-corrected chi connectivity index (χ3v) is 3.92. The molecule has 1 aromatic rings. The highest BCUT2D eigenvalue weighted by Crippen LogP contribution is 2.00. The molecule has 1 rings (SSSR count). The van der Waals surface area contributed by atoms with E-state index in [0.29, 0.717) is 12.3 Å². The van der Waals surface area contributed by atoms with Crippen LogP contribution in [0.3, 0.4) is 0 Å². The minimum absolute atomic E-state index is 0.111. The first-order chi connectivity index (χ1) is 8.56. The lowest BCUT2D eigenvalue weighted by Crippen LogP contribution is -2.39. The fourth-order valence-electron chi connectivity index (χ4n) is 1.33. The van der Waals surface area contributed by atoms with Crippen LogP contribution in [0.15, 0.2) is 16.8 Å². The summed E-state index contributed by atoms with van der Waals surface area (Å²) in [6.45, 7) is 4.29. The number of nitrogens with one attached hydrogen (secondary N) is 2. The molecule has 2 N–H and O–H groups in total. The largest absolute Gasteiger partial charge is 0.360 e. The molecule has 0 amide bonds. The van der Waals surface area contributed by atoms with E-state index in [2.05, 4.69) is 15.2 Å². The maximum Gasteiger partial charge on any atom is 0.279 e. The van der Waals surface area contributed by atoms with Gasteiger partial charge in [0, 0.05) is 19.7 Å². The van der Waals surface area contributed by atoms with Crippen LogP contribution in [0, 0.1) is 0 Å². The number of rotatable bonds is 9. The molecule has 0 bridgehead atoms. The molecule has 0 aliphatic rings. The Balaban J connectivity index is 2.33. The van der Waals surface area contributed by atoms with Crippen molar-refractivity contribution < 1.29 is 12.9 Å². The molecule has 18 heavy (non-hydrogen) atoms. The third-order valence-electron chi connectivity index (χ3n) is 2.41. The van der Waals surface area contributed by atoms with E-state index in [-0.39, 0.29) is 6.54 Å². The van der Waals surface area contributed by atoms with Crippen LogP contribution in [0.1, 0.15) is 19.1 Å². The fourth-order valence-corrected chi connectivity index (χ4v) is 2.24. The van der Waals surface area contributed by atoms with E-state index in [9.17, 15) is 8.42 Å². The first-order valence-electron chi connectivity index (χ1n) is 5.87. The summed E-state index contributed by atoms with van der Waals surface area (Å²) in [4.78, 5) is 0. The molecule has 0 fully saturated rings. The van der Waals surface area contributed by atoms with Crippen LogP contribution in [-0.2, 0) is 16.8 Å². The molecule has 0 saturated carbocycles. The zero-order valence-electron chi connectivity index (χ0n) is 10.7. The number of hydrogen-bond acceptors (Lipinski definition) is 5. The Morgan fingerprint density at radius 2 is 2.28 bits per heavy atom. The highest BCUT2D eigenvalue weighted by Gasteiger charge is 2.16. The van der Waals surface area contributed by atoms with Crippen LogP contribution in [0.2, 0.25) is 0 Å². The normalized spacial score (nSPS) is 12.2. The fraction of sp³-hybridized carbons (Fsp3) is 0.700. The molecule has 0 aliphatic heterocycles. The van der Waals surface area contributed by atoms with Crippen LogP contribution in [0.5, 0.6) is 0 Å². The molecule has 0 saturated heterocycles. The maximum atomic E-state index is 11.8. The van der Waals surface area contributed by atoms with Gasteiger partial charge in [0.1, 0.15) is 0 Å². The van der Waals surface area contributed by atoms with Crippen molar-refractivity contribution in [2.45, 2.75) is 19.9 Å². The van der Waals surface area contributed by atoms with E-state index in [1.54, 1.807) is 13.1 Å². The monoisotopic (exact) mass is 276 g/mol. The predicted octanol–water partition coefficient (Wildman–Crippen LogP) is -0.0596. The van der Waals surface area contributed by atoms with Crippen molar-refractivity contribution in [1.82, 2.24) is 19.5 Å². The first kappa shape index (κ1) is 15.1. The van der Waals surface area contributed by atoms with Crippen LogP contribution < -0.4 is 10.0 Å². The van der Waals surface area contributed by atoms with E-state index in [0.717, 1.165) is 19.5 Å². The predicted molar refractivity (Wildman–Crippen MR) is 68.1 cm³/mol. The summed E-state index contributed by atoms with van der Waals surface area (Å²) >= 11 is 0. The summed E-state index contributed by atoms with van der Waals surface area (Å²) in [7, 11) is -1.91. The Hall–Kier alpha value is -0.960. The molecule has 7 nitrogen and oxygen atoms in total. The molecule has 0 radical (unpaired) electrons. The van der Waals surface area contributed by atoms with Gasteiger partial charge in [-0.05, 0) is 19.5 Å². The summed E-state index contributed by atoms with van der Waals surface area (Å²) in [6, 6.07) is 1.62. The summed E-state index contributed by atoms with van der Waals surface area (Å²) in [5, 5.41) is 6.65. The second-order valence-corrected chi connectivity index (χ2v) is 5.70. The van der Waals surface area contributed by atoms with Gasteiger partial charge in [-0.15, -0.1) is 0 Å². The van der Waals surface area contributed by atoms with Gasteiger partial charge in [-0.25, -0.2) is 0 Å². The Labute approximate surface area is 108 Å². The smallest absolute Gasteiger partial charge is 0.279 e. The second-order valence-electron chi connectivity index (χ2n) is 3.83. The highest BCUT2D eigenvalue weighted by atomic mass is 32.2. The number of aromatic nitrogens is 1. The van der Waals surface area contributed by atoms with Gasteiger partial charge in [0.05, 0.1) is 12.7 Å². The standard InChI is InChI=1S/C10H20N4O3S/c1-3-11-6-4-8-14(2)18(15,16)13-9-10-5-7-12-17-10/h5,7,11,13H,3-4,6,8-9H2,1-2H3. The van der Waals surface area contributed by atoms with Crippen molar-refractivity contribution in [3.05, 3.63) is 18.0 Å². The van der Waals surface area contributed by atoms with Crippen LogP contribution >= 0.6 is 0 Å². The zero-order valence-corrected chi connectivity index (χ0v) is 11.5. The van der Waals surface area contributed by atoms with E-state index in [1.165, 1.54) is 10.5 Å². The van der Waals surface area contributed by atoms with Crippen LogP contribution in [0.25, 0.3) is 0 Å². The van der Waals surface area contributed by atoms with Gasteiger partial charge in [-0.1, -0.05) is 12.1 Å². The molecular weight excluding hydrogens is 256 g/mol. The maximum absolute atomic E-state index is 11.8. The minimum Gasteiger partial charge on any atom is -0.360 e. The van der Waals surface area contributed by atoms with E-state index >= 15 is 0 Å². The average Bonchev–Trinajstić information content (AvgIpc) is 2.85. The lowest BCUT2D eigenvalue weighted by molar-refractivity contribution is 0.377. The molecule has 8 heteroatoms. The lowest BCUT2D eigenvalue weighted by Gasteiger charge is -2.17. The van der Waals surface area contributed by atoms with Gasteiger partial charge < -0.3 is 9.84 Å². The molecule has 1 aromatic heterocycles. The number of nitrogens with zero attached hydrogens (tertiary/aromatic N) is 2. The Morgan fingerprint density at radius 3 is 2.89 bits per heavy atom. The molecule has 0 aromatic carbocycles. The molecule has 104 valence electrons. The van der Waals surface area contributed by atoms with Crippen molar-refractivity contribution in [2.75, 3.05) is 26.7 Å². The van der Waals surface area contributed by atoms with Crippen LogP contribution in [0.4, 0.5) is 0 Å². The minimum atomic E-state index is -3.46. The molecular formula is C10H20N4O3S. The van der Waals surface area contributed by atoms with E-state index in [1.807, 2.05) is 6.92 Å². The van der Waals surface area contributed by atoms with Crippen molar-refractivity contribution in [3.8, 4) is 0 Å². The topological polar surface area (TPSA) is 87.5 Å². The summed E-state index contributed by atoms with van der Waals surface area (Å²) in [6.07, 6.45) is 2.25. The Bertz CT molecular complexity index is 418. The van der Waals surface area contributed by atoms with Gasteiger partial charge >= 0.3 is 0 Å². The van der Waals surface area contributed by atoms with Crippen molar-refractivity contribution in [3.63, 3.8) is 0 Å². The Kier molecular flexibility index (Phi) is 6.27. The van der Waals surface area contributed by atoms with Gasteiger partial charge in [0.2, 0.25) is 0 Å².